The van der Waals surface area contributed by atoms with Gasteiger partial charge >= 0.3 is 58.9 Å². The number of nitrogens with one attached hydrogen (secondary N) is 1. The van der Waals surface area contributed by atoms with E-state index in [4.69, 9.17) is 47.3 Å². The van der Waals surface area contributed by atoms with Gasteiger partial charge in [-0.3, -0.25) is 22.9 Å². The Morgan fingerprint density at radius 2 is 0.775 bits per heavy atom. The second-order valence-corrected chi connectivity index (χ2v) is 34.7. The van der Waals surface area contributed by atoms with Gasteiger partial charge in [0.1, 0.15) is 0 Å². The Balaban J connectivity index is 0.000000304. The summed E-state index contributed by atoms with van der Waals surface area (Å²) in [4.78, 5) is 73.0. The van der Waals surface area contributed by atoms with Gasteiger partial charge in [-0.1, -0.05) is 96.1 Å². The molecular weight excluding hydrogens is 1600 g/mol. The zero-order valence-electron chi connectivity index (χ0n) is 73.3. The summed E-state index contributed by atoms with van der Waals surface area (Å²) in [6.45, 7) is 22.6. The van der Waals surface area contributed by atoms with Crippen LogP contribution < -0.4 is 11.1 Å². The predicted octanol–water partition coefficient (Wildman–Crippen LogP) is 9.84. The van der Waals surface area contributed by atoms with Gasteiger partial charge in [0, 0.05) is 144 Å². The van der Waals surface area contributed by atoms with Crippen LogP contribution >= 0.6 is 0 Å². The summed E-state index contributed by atoms with van der Waals surface area (Å²) in [6, 6.07) is 33.7. The van der Waals surface area contributed by atoms with E-state index in [0.717, 1.165) is 92.8 Å². The second-order valence-electron chi connectivity index (χ2n) is 31.4. The Bertz CT molecular complexity index is 3870. The molecule has 8 fully saturated rings. The van der Waals surface area contributed by atoms with Gasteiger partial charge in [-0.25, -0.2) is 19.2 Å². The first-order valence-corrected chi connectivity index (χ1v) is 44.7. The van der Waals surface area contributed by atoms with E-state index in [2.05, 4.69) is 76.2 Å². The average Bonchev–Trinajstić information content (AvgIpc) is 1.51. The number of carbonyl (C=O) groups is 6. The molecule has 120 heavy (non-hydrogen) atoms. The molecule has 666 valence electrons. The Kier molecular flexibility index (Phi) is 45.5. The Morgan fingerprint density at radius 3 is 1.13 bits per heavy atom. The monoisotopic (exact) mass is 1730 g/mol. The molecular formula is C89H132MgN4O24S2. The average molecular weight is 1730 g/mol. The van der Waals surface area contributed by atoms with Crippen molar-refractivity contribution in [1.29, 1.82) is 0 Å². The number of carbonyl (C=O) groups excluding carboxylic acids is 6. The molecule has 11 aliphatic rings. The maximum atomic E-state index is 12.5. The fourth-order valence-electron chi connectivity index (χ4n) is 16.3. The van der Waals surface area contributed by atoms with Crippen molar-refractivity contribution in [3.63, 3.8) is 0 Å². The molecule has 0 aliphatic carbocycles. The summed E-state index contributed by atoms with van der Waals surface area (Å²) in [5.41, 5.74) is 11.6. The largest absolute Gasteiger partial charge is 2.00 e. The summed E-state index contributed by atoms with van der Waals surface area (Å²) in [5, 5.41) is 3.44. The fourth-order valence-corrected chi connectivity index (χ4v) is 18.2. The topological polar surface area (TPSA) is 344 Å². The molecule has 0 saturated carbocycles. The first-order valence-electron chi connectivity index (χ1n) is 41.9. The van der Waals surface area contributed by atoms with E-state index in [1.807, 2.05) is 44.2 Å². The fraction of sp³-hybridized carbons (Fsp3) is 0.618. The van der Waals surface area contributed by atoms with E-state index < -0.39 is 55.9 Å². The van der Waals surface area contributed by atoms with Crippen LogP contribution in [0.3, 0.4) is 0 Å². The number of fused-ring (bicyclic) bond motifs is 3. The molecule has 11 heterocycles. The third-order valence-electron chi connectivity index (χ3n) is 23.3. The van der Waals surface area contributed by atoms with Gasteiger partial charge < -0.3 is 75.6 Å². The van der Waals surface area contributed by atoms with E-state index in [1.54, 1.807) is 24.3 Å². The van der Waals surface area contributed by atoms with Gasteiger partial charge in [0.2, 0.25) is 0 Å². The van der Waals surface area contributed by atoms with Crippen LogP contribution in [-0.2, 0) is 127 Å². The van der Waals surface area contributed by atoms with Crippen molar-refractivity contribution in [3.05, 3.63) is 154 Å². The van der Waals surface area contributed by atoms with Gasteiger partial charge in [-0.2, -0.15) is 16.8 Å². The van der Waals surface area contributed by atoms with Gasteiger partial charge in [-0.05, 0) is 181 Å². The van der Waals surface area contributed by atoms with Crippen molar-refractivity contribution in [2.75, 3.05) is 180 Å². The molecule has 10 atom stereocenters. The number of rotatable bonds is 15. The minimum Gasteiger partial charge on any atom is -1.00 e. The molecule has 4 aromatic rings. The summed E-state index contributed by atoms with van der Waals surface area (Å²) in [7, 11) is -0.353. The van der Waals surface area contributed by atoms with Crippen molar-refractivity contribution in [1.82, 2.24) is 15.1 Å². The Morgan fingerprint density at radius 1 is 0.442 bits per heavy atom. The van der Waals surface area contributed by atoms with Crippen LogP contribution in [0, 0.1) is 73.0 Å². The van der Waals surface area contributed by atoms with Crippen LogP contribution in [0.15, 0.2) is 141 Å². The molecule has 4 aromatic carbocycles. The number of aryl methyl sites for hydroxylation is 2. The molecule has 0 amide bonds. The summed E-state index contributed by atoms with van der Waals surface area (Å²) in [6.07, 6.45) is 11.5. The number of hydrogen-bond acceptors (Lipinski definition) is 28. The predicted molar refractivity (Wildman–Crippen MR) is 454 cm³/mol. The smallest absolute Gasteiger partial charge is 1.00 e. The Labute approximate surface area is 730 Å². The number of benzene rings is 4. The molecule has 0 aromatic heterocycles. The number of ether oxygens (including phenoxy) is 12. The molecule has 0 bridgehead atoms. The van der Waals surface area contributed by atoms with E-state index in [0.29, 0.717) is 133 Å². The Hall–Kier alpha value is -6.47. The number of methoxy groups -OCH3 is 4. The molecule has 11 aliphatic heterocycles. The number of cyclic esters (lactones) is 2. The van der Waals surface area contributed by atoms with Gasteiger partial charge in [0.15, 0.2) is 0 Å². The van der Waals surface area contributed by atoms with Crippen LogP contribution in [0.1, 0.15) is 116 Å². The van der Waals surface area contributed by atoms with E-state index in [1.165, 1.54) is 142 Å². The van der Waals surface area contributed by atoms with Crippen LogP contribution in [0.4, 0.5) is 0 Å². The summed E-state index contributed by atoms with van der Waals surface area (Å²) in [5.74, 6) is 1.48. The molecule has 8 saturated heterocycles. The molecule has 10 unspecified atom stereocenters. The maximum Gasteiger partial charge on any atom is 2.00 e. The van der Waals surface area contributed by atoms with E-state index in [-0.39, 0.29) is 74.1 Å². The summed E-state index contributed by atoms with van der Waals surface area (Å²) < 4.78 is 121. The number of likely N-dealkylation sites (tertiary alicyclic amines) is 2. The summed E-state index contributed by atoms with van der Waals surface area (Å²) >= 11 is 0. The number of nitrogens with two attached hydrogens (primary N) is 1. The van der Waals surface area contributed by atoms with Crippen molar-refractivity contribution in [2.45, 2.75) is 127 Å². The standard InChI is InChI=1S/C22H28O7S2.C15H21NO.C10H16O5.C10H14O5.C9H17NO.C8H15NO.C8H8O4.C7H9N.Mg.H2.2H/c1-17-3-7-21(8-4-17)30(23,24)28-15-19-11-13-27-14-12-20(19)16-29-31(25,26)22-9-5-18(2)6-10-22;1-2-4-13(5-3-1)10-16-11-14-6-8-17-9-7-15(14)12-16;2*1-13-9(11)7-3-5-15-6-4-8(7)10(12)14-2;1-10-6-8-2-4-11-5-3-9(8)7-10;1-3-10-4-2-8-6-9-5-7(1)8;9-7-5-1-3-11-4-2-6(5)8(10)12-7;8-6-7-4-2-1-3-5-7;;;;/h3-10,19-20H,11-16H2,1-2H3;1-5,14-15H,6-12H2;7-8H,3-6H2,1-2H3;3-6H2,1-2H3;8-9H,2-7H2,1H3;7-9H,1-6H2;1-4H2;1-5H,6,8H2;;1H;;/q;;;;;;;;+2;;2*-1. The zero-order chi connectivity index (χ0) is 85.4. The molecule has 0 radical (unpaired) electrons. The first-order chi connectivity index (χ1) is 57.5. The van der Waals surface area contributed by atoms with E-state index in [9.17, 15) is 45.6 Å². The minimum absolute atomic E-state index is 0. The van der Waals surface area contributed by atoms with Crippen LogP contribution in [0.5, 0.6) is 0 Å². The van der Waals surface area contributed by atoms with Crippen molar-refractivity contribution < 1.29 is 115 Å². The van der Waals surface area contributed by atoms with Gasteiger partial charge in [0.05, 0.1) is 101 Å². The molecule has 3 N–H and O–H groups in total. The third kappa shape index (κ3) is 33.5. The molecule has 0 spiro atoms. The molecule has 31 heteroatoms. The van der Waals surface area contributed by atoms with Crippen LogP contribution in [0.2, 0.25) is 0 Å². The van der Waals surface area contributed by atoms with Crippen molar-refractivity contribution >= 4 is 79.1 Å². The molecule has 15 rings (SSSR count). The number of esters is 6. The van der Waals surface area contributed by atoms with Crippen LogP contribution in [0.25, 0.3) is 0 Å². The first kappa shape index (κ1) is 101. The quantitative estimate of drug-likeness (QED) is 0.0367. The van der Waals surface area contributed by atoms with Crippen molar-refractivity contribution in [2.24, 2.45) is 64.9 Å². The third-order valence-corrected chi connectivity index (χ3v) is 25.9. The van der Waals surface area contributed by atoms with Crippen molar-refractivity contribution in [3.8, 4) is 0 Å². The minimum atomic E-state index is -3.90. The van der Waals surface area contributed by atoms with Crippen LogP contribution in [-0.4, -0.2) is 266 Å². The van der Waals surface area contributed by atoms with Gasteiger partial charge in [0.25, 0.3) is 20.2 Å². The molecule has 28 nitrogen and oxygen atoms in total. The number of hydrogen-bond donors (Lipinski definition) is 2. The second kappa shape index (κ2) is 54.3. The maximum absolute atomic E-state index is 12.5. The van der Waals surface area contributed by atoms with Gasteiger partial charge in [-0.15, -0.1) is 0 Å². The SMILES string of the molecule is C1CC2CNCC2CCO1.CN1CC2CCOCCC2C1.COC(=O)C1=C(C(=O)OC)CCOCC1.COC(=O)C1CCOCCC1C(=O)OC.Cc1ccc(S(=O)(=O)OCC2CCOCCC2COS(=O)(=O)c2ccc(C)cc2)cc1.NCc1ccccc1.O=C1OC(=O)C2=C1CCOCC2.[H-].[H-].[HH].[Mg+2].c1ccc(CN2CC3CCOCCC3C2)cc1. The normalized spacial score (nSPS) is 25.0. The zero-order valence-corrected chi connectivity index (χ0v) is 74.4. The van der Waals surface area contributed by atoms with E-state index >= 15 is 0 Å². The number of nitrogens with zero attached hydrogens (tertiary/aromatic N) is 2.